The Labute approximate surface area is 87.4 Å². The molecule has 0 aliphatic carbocycles. The summed E-state index contributed by atoms with van der Waals surface area (Å²) in [4.78, 5) is 12.7. The molecule has 0 fully saturated rings. The second kappa shape index (κ2) is 3.75. The summed E-state index contributed by atoms with van der Waals surface area (Å²) < 4.78 is 0. The van der Waals surface area contributed by atoms with E-state index in [-0.39, 0.29) is 0 Å². The highest BCUT2D eigenvalue weighted by atomic mass is 35.5. The van der Waals surface area contributed by atoms with Crippen LogP contribution in [0.1, 0.15) is 10.4 Å². The van der Waals surface area contributed by atoms with Gasteiger partial charge in [0.05, 0.1) is 16.4 Å². The molecule has 0 aliphatic heterocycles. The van der Waals surface area contributed by atoms with E-state index in [0.717, 1.165) is 0 Å². The molecular weight excluding hydrogens is 202 g/mol. The van der Waals surface area contributed by atoms with Crippen LogP contribution in [0.3, 0.4) is 0 Å². The van der Waals surface area contributed by atoms with Crippen molar-refractivity contribution < 1.29 is 4.79 Å². The fraction of sp³-hybridized carbons (Fsp3) is 0.222. The molecule has 0 spiro atoms. The standard InChI is InChI=1S/C9H12ClN3O/c1-13(2)8-6(10)3-5(9(12)14)4-7(8)11/h3-4H,11H2,1-2H3,(H2,12,14). The molecule has 1 amide bonds. The Kier molecular flexibility index (Phi) is 2.86. The van der Waals surface area contributed by atoms with Crippen LogP contribution in [-0.4, -0.2) is 20.0 Å². The van der Waals surface area contributed by atoms with Crippen molar-refractivity contribution in [3.63, 3.8) is 0 Å². The number of anilines is 2. The first-order chi connectivity index (χ1) is 6.43. The molecule has 0 atom stereocenters. The van der Waals surface area contributed by atoms with Crippen molar-refractivity contribution in [2.24, 2.45) is 5.73 Å². The van der Waals surface area contributed by atoms with Gasteiger partial charge in [0, 0.05) is 19.7 Å². The number of primary amides is 1. The van der Waals surface area contributed by atoms with Gasteiger partial charge >= 0.3 is 0 Å². The average molecular weight is 214 g/mol. The molecule has 4 nitrogen and oxygen atoms in total. The molecule has 76 valence electrons. The van der Waals surface area contributed by atoms with Crippen molar-refractivity contribution in [3.8, 4) is 0 Å². The first-order valence-corrected chi connectivity index (χ1v) is 4.37. The second-order valence-corrected chi connectivity index (χ2v) is 3.56. The molecule has 0 bridgehead atoms. The van der Waals surface area contributed by atoms with Crippen LogP contribution in [-0.2, 0) is 0 Å². The second-order valence-electron chi connectivity index (χ2n) is 3.15. The Bertz CT molecular complexity index is 353. The Morgan fingerprint density at radius 1 is 1.43 bits per heavy atom. The predicted octanol–water partition coefficient (Wildman–Crippen LogP) is 1.09. The molecule has 0 saturated heterocycles. The number of nitrogen functional groups attached to an aromatic ring is 1. The number of amides is 1. The van der Waals surface area contributed by atoms with E-state index in [1.807, 2.05) is 14.1 Å². The smallest absolute Gasteiger partial charge is 0.248 e. The molecule has 0 aliphatic rings. The van der Waals surface area contributed by atoms with Crippen molar-refractivity contribution in [1.29, 1.82) is 0 Å². The monoisotopic (exact) mass is 213 g/mol. The van der Waals surface area contributed by atoms with Gasteiger partial charge in [0.2, 0.25) is 5.91 Å². The summed E-state index contributed by atoms with van der Waals surface area (Å²) >= 11 is 5.94. The van der Waals surface area contributed by atoms with Gasteiger partial charge in [-0.3, -0.25) is 4.79 Å². The van der Waals surface area contributed by atoms with Crippen LogP contribution in [0, 0.1) is 0 Å². The summed E-state index contributed by atoms with van der Waals surface area (Å²) in [6, 6.07) is 3.03. The number of nitrogens with two attached hydrogens (primary N) is 2. The van der Waals surface area contributed by atoms with E-state index in [2.05, 4.69) is 0 Å². The SMILES string of the molecule is CN(C)c1c(N)cc(C(N)=O)cc1Cl. The van der Waals surface area contributed by atoms with Gasteiger partial charge in [-0.05, 0) is 12.1 Å². The Balaban J connectivity index is 3.32. The van der Waals surface area contributed by atoms with Gasteiger partial charge in [0.25, 0.3) is 0 Å². The predicted molar refractivity (Wildman–Crippen MR) is 58.7 cm³/mol. The maximum atomic E-state index is 10.9. The molecule has 0 radical (unpaired) electrons. The lowest BCUT2D eigenvalue weighted by Gasteiger charge is -2.17. The van der Waals surface area contributed by atoms with Crippen molar-refractivity contribution >= 4 is 28.9 Å². The fourth-order valence-electron chi connectivity index (χ4n) is 1.23. The van der Waals surface area contributed by atoms with Gasteiger partial charge in [0.1, 0.15) is 0 Å². The molecule has 1 rings (SSSR count). The molecule has 1 aromatic carbocycles. The van der Waals surface area contributed by atoms with E-state index in [9.17, 15) is 4.79 Å². The number of hydrogen-bond donors (Lipinski definition) is 2. The molecule has 0 aromatic heterocycles. The third-order valence-electron chi connectivity index (χ3n) is 1.82. The van der Waals surface area contributed by atoms with Crippen LogP contribution in [0.2, 0.25) is 5.02 Å². The minimum absolute atomic E-state index is 0.318. The van der Waals surface area contributed by atoms with Crippen LogP contribution in [0.15, 0.2) is 12.1 Å². The molecule has 0 heterocycles. The largest absolute Gasteiger partial charge is 0.397 e. The average Bonchev–Trinajstić information content (AvgIpc) is 2.01. The van der Waals surface area contributed by atoms with Gasteiger partial charge < -0.3 is 16.4 Å². The highest BCUT2D eigenvalue weighted by molar-refractivity contribution is 6.34. The molecule has 0 unspecified atom stereocenters. The molecule has 14 heavy (non-hydrogen) atoms. The Hall–Kier alpha value is -1.42. The maximum absolute atomic E-state index is 10.9. The van der Waals surface area contributed by atoms with Crippen molar-refractivity contribution in [3.05, 3.63) is 22.7 Å². The normalized spacial score (nSPS) is 9.93. The summed E-state index contributed by atoms with van der Waals surface area (Å²) in [5.74, 6) is -0.538. The number of benzene rings is 1. The lowest BCUT2D eigenvalue weighted by molar-refractivity contribution is 0.100. The number of nitrogens with zero attached hydrogens (tertiary/aromatic N) is 1. The van der Waals surface area contributed by atoms with Crippen LogP contribution in [0.4, 0.5) is 11.4 Å². The number of hydrogen-bond acceptors (Lipinski definition) is 3. The first kappa shape index (κ1) is 10.7. The van der Waals surface area contributed by atoms with Crippen molar-refractivity contribution in [1.82, 2.24) is 0 Å². The van der Waals surface area contributed by atoms with Gasteiger partial charge in [-0.2, -0.15) is 0 Å². The van der Waals surface area contributed by atoms with Gasteiger partial charge in [-0.1, -0.05) is 11.6 Å². The van der Waals surface area contributed by atoms with Crippen LogP contribution in [0.5, 0.6) is 0 Å². The maximum Gasteiger partial charge on any atom is 0.248 e. The van der Waals surface area contributed by atoms with E-state index >= 15 is 0 Å². The quantitative estimate of drug-likeness (QED) is 0.723. The zero-order valence-corrected chi connectivity index (χ0v) is 8.80. The number of halogens is 1. The van der Waals surface area contributed by atoms with Crippen LogP contribution >= 0.6 is 11.6 Å². The molecule has 0 saturated carbocycles. The summed E-state index contributed by atoms with van der Waals surface area (Å²) in [6.45, 7) is 0. The molecular formula is C9H12ClN3O. The van der Waals surface area contributed by atoms with E-state index in [1.54, 1.807) is 4.90 Å². The number of rotatable bonds is 2. The van der Waals surface area contributed by atoms with E-state index < -0.39 is 5.91 Å². The molecule has 4 N–H and O–H groups in total. The fourth-order valence-corrected chi connectivity index (χ4v) is 1.63. The van der Waals surface area contributed by atoms with Crippen molar-refractivity contribution in [2.45, 2.75) is 0 Å². The van der Waals surface area contributed by atoms with Crippen LogP contribution < -0.4 is 16.4 Å². The molecule has 5 heteroatoms. The highest BCUT2D eigenvalue weighted by Gasteiger charge is 2.11. The number of carbonyl (C=O) groups is 1. The third kappa shape index (κ3) is 1.90. The Morgan fingerprint density at radius 3 is 2.36 bits per heavy atom. The van der Waals surface area contributed by atoms with Gasteiger partial charge in [-0.15, -0.1) is 0 Å². The van der Waals surface area contributed by atoms with Gasteiger partial charge in [0.15, 0.2) is 0 Å². The summed E-state index contributed by atoms with van der Waals surface area (Å²) in [5, 5.41) is 0.420. The number of carbonyl (C=O) groups excluding carboxylic acids is 1. The summed E-state index contributed by atoms with van der Waals surface area (Å²) in [7, 11) is 3.64. The summed E-state index contributed by atoms with van der Waals surface area (Å²) in [6.07, 6.45) is 0. The Morgan fingerprint density at radius 2 is 2.00 bits per heavy atom. The topological polar surface area (TPSA) is 72.3 Å². The lowest BCUT2D eigenvalue weighted by Crippen LogP contribution is -2.15. The lowest BCUT2D eigenvalue weighted by atomic mass is 10.1. The van der Waals surface area contributed by atoms with E-state index in [0.29, 0.717) is 22.0 Å². The van der Waals surface area contributed by atoms with Crippen molar-refractivity contribution in [2.75, 3.05) is 24.7 Å². The minimum Gasteiger partial charge on any atom is -0.397 e. The molecule has 1 aromatic rings. The zero-order valence-electron chi connectivity index (χ0n) is 8.04. The van der Waals surface area contributed by atoms with E-state index in [4.69, 9.17) is 23.1 Å². The zero-order chi connectivity index (χ0) is 10.9. The third-order valence-corrected chi connectivity index (χ3v) is 2.11. The van der Waals surface area contributed by atoms with Crippen LogP contribution in [0.25, 0.3) is 0 Å². The first-order valence-electron chi connectivity index (χ1n) is 3.99. The van der Waals surface area contributed by atoms with Gasteiger partial charge in [-0.25, -0.2) is 0 Å². The minimum atomic E-state index is -0.538. The highest BCUT2D eigenvalue weighted by Crippen LogP contribution is 2.31. The summed E-state index contributed by atoms with van der Waals surface area (Å²) in [5.41, 5.74) is 12.3. The van der Waals surface area contributed by atoms with E-state index in [1.165, 1.54) is 12.1 Å².